The molecule has 0 amide bonds. The van der Waals surface area contributed by atoms with Crippen LogP contribution < -0.4 is 5.32 Å². The topological polar surface area (TPSA) is 28.2 Å². The van der Waals surface area contributed by atoms with Crippen molar-refractivity contribution in [2.45, 2.75) is 53.2 Å². The van der Waals surface area contributed by atoms with Gasteiger partial charge in [-0.15, -0.1) is 0 Å². The number of aromatic nitrogens is 1. The van der Waals surface area contributed by atoms with Crippen LogP contribution in [0.2, 0.25) is 0 Å². The number of aryl methyl sites for hydroxylation is 1. The van der Waals surface area contributed by atoms with Crippen molar-refractivity contribution in [2.24, 2.45) is 5.41 Å². The van der Waals surface area contributed by atoms with Gasteiger partial charge in [0.05, 0.1) is 5.69 Å². The second kappa shape index (κ2) is 5.59. The van der Waals surface area contributed by atoms with E-state index in [1.54, 1.807) is 0 Å². The molecule has 1 saturated heterocycles. The zero-order valence-electron chi connectivity index (χ0n) is 12.9. The third-order valence-electron chi connectivity index (χ3n) is 4.06. The van der Waals surface area contributed by atoms with Crippen molar-refractivity contribution in [3.63, 3.8) is 0 Å². The van der Waals surface area contributed by atoms with Crippen LogP contribution in [0.15, 0.2) is 18.2 Å². The maximum atomic E-state index is 4.63. The Morgan fingerprint density at radius 3 is 2.74 bits per heavy atom. The molecule has 0 bridgehead atoms. The molecule has 3 nitrogen and oxygen atoms in total. The number of piperazine rings is 1. The Morgan fingerprint density at radius 2 is 2.11 bits per heavy atom. The van der Waals surface area contributed by atoms with Crippen molar-refractivity contribution in [2.75, 3.05) is 13.1 Å². The Bertz CT molecular complexity index is 422. The fourth-order valence-corrected chi connectivity index (χ4v) is 2.62. The van der Waals surface area contributed by atoms with Crippen molar-refractivity contribution in [1.82, 2.24) is 15.2 Å². The number of rotatable bonds is 2. The lowest BCUT2D eigenvalue weighted by atomic mass is 9.85. The van der Waals surface area contributed by atoms with Gasteiger partial charge in [-0.2, -0.15) is 0 Å². The van der Waals surface area contributed by atoms with Gasteiger partial charge in [0.2, 0.25) is 0 Å². The molecule has 0 spiro atoms. The van der Waals surface area contributed by atoms with Gasteiger partial charge in [-0.05, 0) is 31.4 Å². The van der Waals surface area contributed by atoms with Gasteiger partial charge in [-0.3, -0.25) is 9.88 Å². The molecule has 0 saturated carbocycles. The molecule has 106 valence electrons. The number of hydrogen-bond donors (Lipinski definition) is 1. The van der Waals surface area contributed by atoms with Crippen LogP contribution in [0.25, 0.3) is 0 Å². The largest absolute Gasteiger partial charge is 0.311 e. The summed E-state index contributed by atoms with van der Waals surface area (Å²) in [6.45, 7) is 14.4. The van der Waals surface area contributed by atoms with Crippen LogP contribution in [0.3, 0.4) is 0 Å². The van der Waals surface area contributed by atoms with Gasteiger partial charge in [0.15, 0.2) is 0 Å². The van der Waals surface area contributed by atoms with E-state index in [1.807, 2.05) is 0 Å². The summed E-state index contributed by atoms with van der Waals surface area (Å²) in [5.74, 6) is 0. The molecular formula is C16H27N3. The lowest BCUT2D eigenvalue weighted by molar-refractivity contribution is 0.0866. The summed E-state index contributed by atoms with van der Waals surface area (Å²) in [5.41, 5.74) is 2.59. The molecule has 1 aromatic heterocycles. The van der Waals surface area contributed by atoms with Crippen LogP contribution in [0.1, 0.15) is 39.1 Å². The zero-order valence-corrected chi connectivity index (χ0v) is 12.9. The molecule has 1 aliphatic rings. The van der Waals surface area contributed by atoms with Crippen molar-refractivity contribution < 1.29 is 0 Å². The van der Waals surface area contributed by atoms with E-state index < -0.39 is 0 Å². The Hall–Kier alpha value is -0.930. The average molecular weight is 261 g/mol. The molecule has 3 heteroatoms. The fourth-order valence-electron chi connectivity index (χ4n) is 2.62. The SMILES string of the molecule is Cc1cccc(CN2CC(C(C)(C)C)NCC2C)n1. The molecule has 1 aromatic rings. The third-order valence-corrected chi connectivity index (χ3v) is 4.06. The van der Waals surface area contributed by atoms with Gasteiger partial charge in [0, 0.05) is 37.4 Å². The van der Waals surface area contributed by atoms with Crippen LogP contribution in [-0.2, 0) is 6.54 Å². The van der Waals surface area contributed by atoms with Crippen molar-refractivity contribution in [1.29, 1.82) is 0 Å². The Balaban J connectivity index is 2.05. The molecule has 1 N–H and O–H groups in total. The molecule has 0 aromatic carbocycles. The van der Waals surface area contributed by atoms with Gasteiger partial charge in [-0.1, -0.05) is 26.8 Å². The van der Waals surface area contributed by atoms with Gasteiger partial charge in [0.25, 0.3) is 0 Å². The summed E-state index contributed by atoms with van der Waals surface area (Å²) in [6.07, 6.45) is 0. The maximum Gasteiger partial charge on any atom is 0.0547 e. The summed E-state index contributed by atoms with van der Waals surface area (Å²) in [7, 11) is 0. The molecule has 2 atom stereocenters. The minimum atomic E-state index is 0.304. The highest BCUT2D eigenvalue weighted by molar-refractivity contribution is 5.10. The highest BCUT2D eigenvalue weighted by Crippen LogP contribution is 2.24. The predicted octanol–water partition coefficient (Wildman–Crippen LogP) is 2.60. The zero-order chi connectivity index (χ0) is 14.0. The molecule has 0 radical (unpaired) electrons. The van der Waals surface area contributed by atoms with E-state index in [2.05, 4.69) is 68.0 Å². The minimum absolute atomic E-state index is 0.304. The maximum absolute atomic E-state index is 4.63. The van der Waals surface area contributed by atoms with E-state index in [0.717, 1.165) is 25.3 Å². The first kappa shape index (κ1) is 14.5. The Kier molecular flexibility index (Phi) is 4.26. The lowest BCUT2D eigenvalue weighted by Crippen LogP contribution is -2.59. The van der Waals surface area contributed by atoms with E-state index in [1.165, 1.54) is 5.69 Å². The Morgan fingerprint density at radius 1 is 1.37 bits per heavy atom. The quantitative estimate of drug-likeness (QED) is 0.887. The molecular weight excluding hydrogens is 234 g/mol. The number of pyridine rings is 1. The van der Waals surface area contributed by atoms with Gasteiger partial charge >= 0.3 is 0 Å². The van der Waals surface area contributed by atoms with Crippen LogP contribution in [-0.4, -0.2) is 35.1 Å². The van der Waals surface area contributed by atoms with E-state index in [-0.39, 0.29) is 0 Å². The smallest absolute Gasteiger partial charge is 0.0547 e. The van der Waals surface area contributed by atoms with Crippen molar-refractivity contribution in [3.05, 3.63) is 29.6 Å². The third kappa shape index (κ3) is 3.77. The molecule has 1 fully saturated rings. The fraction of sp³-hybridized carbons (Fsp3) is 0.688. The lowest BCUT2D eigenvalue weighted by Gasteiger charge is -2.43. The van der Waals surface area contributed by atoms with E-state index >= 15 is 0 Å². The summed E-state index contributed by atoms with van der Waals surface area (Å²) in [6, 6.07) is 7.41. The first-order valence-electron chi connectivity index (χ1n) is 7.26. The van der Waals surface area contributed by atoms with Crippen LogP contribution in [0, 0.1) is 12.3 Å². The van der Waals surface area contributed by atoms with Crippen LogP contribution in [0.4, 0.5) is 0 Å². The molecule has 1 aliphatic heterocycles. The summed E-state index contributed by atoms with van der Waals surface area (Å²) in [5, 5.41) is 3.67. The Labute approximate surface area is 117 Å². The standard InChI is InChI=1S/C16H27N3/c1-12-7-6-8-14(18-12)10-19-11-15(16(3,4)5)17-9-13(19)2/h6-8,13,15,17H,9-11H2,1-5H3. The predicted molar refractivity (Wildman–Crippen MR) is 80.1 cm³/mol. The van der Waals surface area contributed by atoms with E-state index in [9.17, 15) is 0 Å². The molecule has 2 heterocycles. The monoisotopic (exact) mass is 261 g/mol. The van der Waals surface area contributed by atoms with Crippen LogP contribution in [0.5, 0.6) is 0 Å². The minimum Gasteiger partial charge on any atom is -0.311 e. The van der Waals surface area contributed by atoms with Crippen molar-refractivity contribution in [3.8, 4) is 0 Å². The van der Waals surface area contributed by atoms with E-state index in [0.29, 0.717) is 17.5 Å². The van der Waals surface area contributed by atoms with Crippen LogP contribution >= 0.6 is 0 Å². The summed E-state index contributed by atoms with van der Waals surface area (Å²) < 4.78 is 0. The number of nitrogens with zero attached hydrogens (tertiary/aromatic N) is 2. The summed E-state index contributed by atoms with van der Waals surface area (Å²) in [4.78, 5) is 7.18. The molecule has 19 heavy (non-hydrogen) atoms. The molecule has 2 rings (SSSR count). The number of nitrogens with one attached hydrogen (secondary N) is 1. The highest BCUT2D eigenvalue weighted by Gasteiger charge is 2.32. The second-order valence-electron chi connectivity index (χ2n) is 6.88. The summed E-state index contributed by atoms with van der Waals surface area (Å²) >= 11 is 0. The van der Waals surface area contributed by atoms with Gasteiger partial charge in [-0.25, -0.2) is 0 Å². The highest BCUT2D eigenvalue weighted by atomic mass is 15.2. The first-order valence-corrected chi connectivity index (χ1v) is 7.26. The average Bonchev–Trinajstić information content (AvgIpc) is 2.30. The molecule has 2 unspecified atom stereocenters. The van der Waals surface area contributed by atoms with Crippen molar-refractivity contribution >= 4 is 0 Å². The number of hydrogen-bond acceptors (Lipinski definition) is 3. The van der Waals surface area contributed by atoms with E-state index in [4.69, 9.17) is 0 Å². The molecule has 0 aliphatic carbocycles. The normalized spacial score (nSPS) is 25.5. The first-order chi connectivity index (χ1) is 8.86. The van der Waals surface area contributed by atoms with Gasteiger partial charge < -0.3 is 5.32 Å². The second-order valence-corrected chi connectivity index (χ2v) is 6.88. The van der Waals surface area contributed by atoms with Gasteiger partial charge in [0.1, 0.15) is 0 Å².